The van der Waals surface area contributed by atoms with Crippen molar-refractivity contribution in [2.45, 2.75) is 19.4 Å². The van der Waals surface area contributed by atoms with E-state index in [0.717, 1.165) is 12.8 Å². The third-order valence-corrected chi connectivity index (χ3v) is 3.34. The Bertz CT molecular complexity index is 569. The van der Waals surface area contributed by atoms with Gasteiger partial charge in [0.05, 0.1) is 25.0 Å². The molecule has 3 heteroatoms. The lowest BCUT2D eigenvalue weighted by Crippen LogP contribution is -2.06. The Hall–Kier alpha value is -1.87. The van der Waals surface area contributed by atoms with Crippen LogP contribution in [0, 0.1) is 0 Å². The quantitative estimate of drug-likeness (QED) is 0.894. The molecule has 18 heavy (non-hydrogen) atoms. The van der Waals surface area contributed by atoms with Crippen LogP contribution >= 0.6 is 0 Å². The van der Waals surface area contributed by atoms with Gasteiger partial charge in [0, 0.05) is 0 Å². The van der Waals surface area contributed by atoms with Crippen LogP contribution in [0.4, 0.5) is 0 Å². The average molecular weight is 240 g/mol. The lowest BCUT2D eigenvalue weighted by atomic mass is 10.1. The summed E-state index contributed by atoms with van der Waals surface area (Å²) in [6.07, 6.45) is 6.27. The minimum Gasteiger partial charge on any atom is -0.394 e. The summed E-state index contributed by atoms with van der Waals surface area (Å²) in [6, 6.07) is 10.3. The molecule has 0 bridgehead atoms. The van der Waals surface area contributed by atoms with Gasteiger partial charge in [-0.1, -0.05) is 30.3 Å². The summed E-state index contributed by atoms with van der Waals surface area (Å²) in [5, 5.41) is 13.4. The first-order valence-electron chi connectivity index (χ1n) is 6.30. The molecule has 3 rings (SSSR count). The molecule has 2 aromatic rings. The van der Waals surface area contributed by atoms with Crippen molar-refractivity contribution in [2.24, 2.45) is 0 Å². The number of rotatable bonds is 3. The van der Waals surface area contributed by atoms with Crippen LogP contribution in [0.5, 0.6) is 0 Å². The van der Waals surface area contributed by atoms with Crippen molar-refractivity contribution in [3.05, 3.63) is 53.3 Å². The lowest BCUT2D eigenvalue weighted by Gasteiger charge is -2.06. The summed E-state index contributed by atoms with van der Waals surface area (Å²) >= 11 is 0. The summed E-state index contributed by atoms with van der Waals surface area (Å²) in [4.78, 5) is 0. The van der Waals surface area contributed by atoms with Crippen LogP contribution < -0.4 is 0 Å². The summed E-state index contributed by atoms with van der Waals surface area (Å²) < 4.78 is 1.91. The van der Waals surface area contributed by atoms with Gasteiger partial charge in [-0.05, 0) is 35.6 Å². The van der Waals surface area contributed by atoms with E-state index >= 15 is 0 Å². The Balaban J connectivity index is 1.99. The van der Waals surface area contributed by atoms with E-state index in [9.17, 15) is 0 Å². The minimum atomic E-state index is 0.132. The second kappa shape index (κ2) is 4.78. The van der Waals surface area contributed by atoms with Gasteiger partial charge < -0.3 is 5.11 Å². The van der Waals surface area contributed by atoms with E-state index in [1.54, 1.807) is 0 Å². The zero-order valence-corrected chi connectivity index (χ0v) is 10.2. The van der Waals surface area contributed by atoms with E-state index in [4.69, 9.17) is 5.11 Å². The number of benzene rings is 1. The van der Waals surface area contributed by atoms with Gasteiger partial charge in [0.25, 0.3) is 0 Å². The van der Waals surface area contributed by atoms with E-state index in [-0.39, 0.29) is 6.61 Å². The number of aliphatic hydroxyl groups excluding tert-OH is 1. The molecule has 0 atom stereocenters. The highest BCUT2D eigenvalue weighted by Crippen LogP contribution is 2.33. The summed E-state index contributed by atoms with van der Waals surface area (Å²) in [5.41, 5.74) is 5.04. The topological polar surface area (TPSA) is 38.0 Å². The number of aliphatic hydroxyl groups is 1. The number of fused-ring (bicyclic) bond motifs is 1. The van der Waals surface area contributed by atoms with Gasteiger partial charge in [0.2, 0.25) is 0 Å². The van der Waals surface area contributed by atoms with Gasteiger partial charge >= 0.3 is 0 Å². The number of allylic oxidation sites excluding steroid dienone is 1. The van der Waals surface area contributed by atoms with Crippen molar-refractivity contribution >= 4 is 11.6 Å². The predicted molar refractivity (Wildman–Crippen MR) is 71.9 cm³/mol. The van der Waals surface area contributed by atoms with E-state index in [2.05, 4.69) is 23.3 Å². The van der Waals surface area contributed by atoms with Crippen LogP contribution in [0.15, 0.2) is 36.5 Å². The maximum atomic E-state index is 9.07. The van der Waals surface area contributed by atoms with Crippen LogP contribution in [0.3, 0.4) is 0 Å². The van der Waals surface area contributed by atoms with Gasteiger partial charge in [0.1, 0.15) is 0 Å². The molecule has 0 radical (unpaired) electrons. The maximum Gasteiger partial charge on any atom is 0.0675 e. The second-order valence-electron chi connectivity index (χ2n) is 4.55. The first-order valence-corrected chi connectivity index (χ1v) is 6.30. The molecule has 0 saturated heterocycles. The summed E-state index contributed by atoms with van der Waals surface area (Å²) in [6.45, 7) is 0.703. The van der Waals surface area contributed by atoms with Crippen LogP contribution in [-0.2, 0) is 13.0 Å². The van der Waals surface area contributed by atoms with Crippen LogP contribution in [0.2, 0.25) is 0 Å². The monoisotopic (exact) mass is 240 g/mol. The van der Waals surface area contributed by atoms with Gasteiger partial charge in [-0.25, -0.2) is 0 Å². The van der Waals surface area contributed by atoms with Gasteiger partial charge in [0.15, 0.2) is 0 Å². The molecule has 1 aliphatic rings. The molecule has 0 aliphatic heterocycles. The largest absolute Gasteiger partial charge is 0.394 e. The average Bonchev–Trinajstić information content (AvgIpc) is 2.96. The summed E-state index contributed by atoms with van der Waals surface area (Å²) in [7, 11) is 0. The number of nitrogens with zero attached hydrogens (tertiary/aromatic N) is 2. The zero-order valence-electron chi connectivity index (χ0n) is 10.2. The van der Waals surface area contributed by atoms with Crippen molar-refractivity contribution in [2.75, 3.05) is 6.61 Å². The predicted octanol–water partition coefficient (Wildman–Crippen LogP) is 2.36. The smallest absolute Gasteiger partial charge is 0.0675 e. The molecule has 1 aromatic carbocycles. The number of hydrogen-bond donors (Lipinski definition) is 1. The highest BCUT2D eigenvalue weighted by atomic mass is 16.3. The molecule has 0 saturated carbocycles. The zero-order chi connectivity index (χ0) is 12.4. The maximum absolute atomic E-state index is 9.07. The number of aromatic nitrogens is 2. The lowest BCUT2D eigenvalue weighted by molar-refractivity contribution is 0.269. The van der Waals surface area contributed by atoms with Crippen molar-refractivity contribution in [1.82, 2.24) is 9.78 Å². The minimum absolute atomic E-state index is 0.132. The van der Waals surface area contributed by atoms with E-state index in [1.165, 1.54) is 22.4 Å². The Labute approximate surface area is 106 Å². The Morgan fingerprint density at radius 2 is 2.06 bits per heavy atom. The highest BCUT2D eigenvalue weighted by molar-refractivity contribution is 5.83. The molecule has 1 aliphatic carbocycles. The second-order valence-corrected chi connectivity index (χ2v) is 4.55. The molecule has 1 heterocycles. The molecule has 0 unspecified atom stereocenters. The molecule has 0 amide bonds. The molecule has 92 valence electrons. The number of aryl methyl sites for hydroxylation is 1. The normalized spacial score (nSPS) is 16.2. The molecule has 3 nitrogen and oxygen atoms in total. The fourth-order valence-electron chi connectivity index (χ4n) is 2.52. The van der Waals surface area contributed by atoms with E-state index in [1.807, 2.05) is 29.1 Å². The standard InChI is InChI=1S/C15H16N2O/c18-9-8-17-15-13(6-7-14(15)11-16-17)10-12-4-2-1-3-5-12/h1-5,10-11,18H,6-9H2. The van der Waals surface area contributed by atoms with Crippen molar-refractivity contribution in [3.63, 3.8) is 0 Å². The highest BCUT2D eigenvalue weighted by Gasteiger charge is 2.21. The Morgan fingerprint density at radius 3 is 2.83 bits per heavy atom. The fourth-order valence-corrected chi connectivity index (χ4v) is 2.52. The van der Waals surface area contributed by atoms with Gasteiger partial charge in [-0.15, -0.1) is 0 Å². The molecule has 0 fully saturated rings. The third kappa shape index (κ3) is 1.97. The summed E-state index contributed by atoms with van der Waals surface area (Å²) in [5.74, 6) is 0. The van der Waals surface area contributed by atoms with Crippen molar-refractivity contribution in [1.29, 1.82) is 0 Å². The third-order valence-electron chi connectivity index (χ3n) is 3.34. The van der Waals surface area contributed by atoms with Crippen LogP contribution in [0.1, 0.15) is 23.2 Å². The van der Waals surface area contributed by atoms with Crippen LogP contribution in [-0.4, -0.2) is 21.5 Å². The first-order chi connectivity index (χ1) is 8.88. The molecule has 1 N–H and O–H groups in total. The van der Waals surface area contributed by atoms with E-state index < -0.39 is 0 Å². The molecular weight excluding hydrogens is 224 g/mol. The molecule has 1 aromatic heterocycles. The van der Waals surface area contributed by atoms with Crippen molar-refractivity contribution in [3.8, 4) is 0 Å². The van der Waals surface area contributed by atoms with Gasteiger partial charge in [-0.2, -0.15) is 5.10 Å². The molecule has 0 spiro atoms. The Kier molecular flexibility index (Phi) is 2.99. The SMILES string of the molecule is OCCn1ncc2c1C(=Cc1ccccc1)CC2. The van der Waals surface area contributed by atoms with E-state index in [0.29, 0.717) is 6.54 Å². The fraction of sp³-hybridized carbons (Fsp3) is 0.267. The van der Waals surface area contributed by atoms with Gasteiger partial charge in [-0.3, -0.25) is 4.68 Å². The first kappa shape index (κ1) is 11.2. The van der Waals surface area contributed by atoms with Crippen LogP contribution in [0.25, 0.3) is 11.6 Å². The number of hydrogen-bond acceptors (Lipinski definition) is 2. The van der Waals surface area contributed by atoms with Crippen molar-refractivity contribution < 1.29 is 5.11 Å². The molecular formula is C15H16N2O. The Morgan fingerprint density at radius 1 is 1.22 bits per heavy atom.